The van der Waals surface area contributed by atoms with E-state index in [1.165, 1.54) is 109 Å². The third-order valence-electron chi connectivity index (χ3n) is 26.7. The molecular formula is C118H70N4O2S. The summed E-state index contributed by atoms with van der Waals surface area (Å²) in [5.41, 5.74) is 30.6. The molecule has 7 heteroatoms. The molecule has 19 aromatic carbocycles. The van der Waals surface area contributed by atoms with Gasteiger partial charge in [0.25, 0.3) is 0 Å². The molecule has 6 heterocycles. The number of pyridine rings is 2. The van der Waals surface area contributed by atoms with E-state index in [4.69, 9.17) is 29.4 Å². The maximum Gasteiger partial charge on any atom is 0.160 e. The van der Waals surface area contributed by atoms with Gasteiger partial charge in [0.1, 0.15) is 23.0 Å². The van der Waals surface area contributed by atoms with E-state index in [0.29, 0.717) is 5.82 Å². The van der Waals surface area contributed by atoms with Crippen LogP contribution in [0, 0.1) is 0 Å². The first-order chi connectivity index (χ1) is 62.0. The second-order valence-corrected chi connectivity index (χ2v) is 34.1. The second kappa shape index (κ2) is 27.7. The molecule has 0 atom stereocenters. The zero-order valence-corrected chi connectivity index (χ0v) is 68.2. The number of nitrogens with zero attached hydrogens (tertiary/aromatic N) is 4. The van der Waals surface area contributed by atoms with Gasteiger partial charge in [-0.1, -0.05) is 370 Å². The van der Waals surface area contributed by atoms with Crippen molar-refractivity contribution in [2.75, 3.05) is 0 Å². The molecule has 580 valence electrons. The number of hydrogen-bond acceptors (Lipinski definition) is 7. The van der Waals surface area contributed by atoms with Crippen LogP contribution in [0.1, 0.15) is 44.5 Å². The van der Waals surface area contributed by atoms with Crippen molar-refractivity contribution in [1.29, 1.82) is 0 Å². The average molecular weight is 1610 g/mol. The van der Waals surface area contributed by atoms with E-state index in [0.717, 1.165) is 138 Å². The Morgan fingerprint density at radius 1 is 0.208 bits per heavy atom. The Balaban J connectivity index is 0.000000134. The Hall–Kier alpha value is -16.1. The third kappa shape index (κ3) is 10.4. The van der Waals surface area contributed by atoms with Gasteiger partial charge in [0.2, 0.25) is 0 Å². The van der Waals surface area contributed by atoms with E-state index in [1.807, 2.05) is 18.2 Å². The third-order valence-corrected chi connectivity index (χ3v) is 27.8. The fourth-order valence-corrected chi connectivity index (χ4v) is 22.7. The average Bonchev–Trinajstić information content (AvgIpc) is 1.51. The van der Waals surface area contributed by atoms with Crippen molar-refractivity contribution in [3.8, 4) is 124 Å². The summed E-state index contributed by atoms with van der Waals surface area (Å²) in [4.78, 5) is 21.6. The molecule has 125 heavy (non-hydrogen) atoms. The Morgan fingerprint density at radius 3 is 1.03 bits per heavy atom. The van der Waals surface area contributed by atoms with Gasteiger partial charge in [-0.05, 0) is 154 Å². The fourth-order valence-electron chi connectivity index (χ4n) is 21.5. The van der Waals surface area contributed by atoms with Gasteiger partial charge in [0.15, 0.2) is 5.82 Å². The molecule has 0 amide bonds. The molecule has 0 saturated carbocycles. The summed E-state index contributed by atoms with van der Waals surface area (Å²) < 4.78 is 15.7. The molecule has 6 nitrogen and oxygen atoms in total. The number of rotatable bonds is 7. The summed E-state index contributed by atoms with van der Waals surface area (Å²) in [5.74, 6) is 4.25. The maximum absolute atomic E-state index is 6.71. The molecule has 0 N–H and O–H groups in total. The molecule has 2 spiro atoms. The molecule has 0 fully saturated rings. The highest BCUT2D eigenvalue weighted by Crippen LogP contribution is 2.66. The number of aromatic nitrogens is 4. The molecule has 0 bridgehead atoms. The number of ether oxygens (including phenoxy) is 2. The normalized spacial score (nSPS) is 13.2. The van der Waals surface area contributed by atoms with E-state index >= 15 is 0 Å². The zero-order chi connectivity index (χ0) is 82.0. The highest BCUT2D eigenvalue weighted by Gasteiger charge is 2.54. The molecule has 27 rings (SSSR count). The molecule has 2 aliphatic carbocycles. The first-order valence-corrected chi connectivity index (χ1v) is 43.5. The maximum atomic E-state index is 6.71. The second-order valence-electron chi connectivity index (χ2n) is 33.0. The zero-order valence-electron chi connectivity index (χ0n) is 67.4. The van der Waals surface area contributed by atoms with Gasteiger partial charge in [0, 0.05) is 86.9 Å². The van der Waals surface area contributed by atoms with Crippen molar-refractivity contribution in [1.82, 2.24) is 19.9 Å². The molecule has 4 aliphatic rings. The number of thiophene rings is 1. The molecule has 0 saturated heterocycles. The topological polar surface area (TPSA) is 70.0 Å². The lowest BCUT2D eigenvalue weighted by molar-refractivity contribution is 0.436. The Labute approximate surface area is 724 Å². The van der Waals surface area contributed by atoms with Gasteiger partial charge < -0.3 is 9.47 Å². The van der Waals surface area contributed by atoms with Crippen LogP contribution < -0.4 is 9.47 Å². The van der Waals surface area contributed by atoms with Gasteiger partial charge in [0.05, 0.1) is 49.2 Å². The van der Waals surface area contributed by atoms with Crippen molar-refractivity contribution in [2.45, 2.75) is 10.8 Å². The van der Waals surface area contributed by atoms with Crippen LogP contribution in [0.2, 0.25) is 0 Å². The first-order valence-electron chi connectivity index (χ1n) is 42.7. The first kappa shape index (κ1) is 70.8. The smallest absolute Gasteiger partial charge is 0.160 e. The molecule has 0 radical (unpaired) electrons. The van der Waals surface area contributed by atoms with Crippen molar-refractivity contribution >= 4 is 96.5 Å². The number of para-hydroxylation sites is 4. The monoisotopic (exact) mass is 1610 g/mol. The molecule has 2 aliphatic heterocycles. The molecule has 23 aromatic rings. The highest BCUT2D eigenvalue weighted by atomic mass is 32.1. The highest BCUT2D eigenvalue weighted by molar-refractivity contribution is 7.26. The van der Waals surface area contributed by atoms with Crippen molar-refractivity contribution < 1.29 is 9.47 Å². The van der Waals surface area contributed by atoms with Gasteiger partial charge in [-0.25, -0.2) is 19.9 Å². The predicted octanol–water partition coefficient (Wildman–Crippen LogP) is 30.8. The SMILES string of the molecule is c1ccc(-c2ccc(-c3c4ccccc4c(-c4ccc5nc(-c6ccccc6)c6ccc7c(c6c5c4)-c4ccccc4C74c5ccccc5Oc5ccccc54)c4ccccc34)cc2)cc1.c1ccc(-c2nc(-c3ccc4nc(-c5ccccc5)c5ccc6c(c5c4c3)-c3ccccc3C63c4ccccc4Oc4ccccc43)c3sc4ccccc4c3n2)cc1. The lowest BCUT2D eigenvalue weighted by Gasteiger charge is -2.39. The van der Waals surface area contributed by atoms with Gasteiger partial charge >= 0.3 is 0 Å². The van der Waals surface area contributed by atoms with Crippen molar-refractivity contribution in [2.24, 2.45) is 0 Å². The van der Waals surface area contributed by atoms with Crippen LogP contribution in [0.15, 0.2) is 425 Å². The Morgan fingerprint density at radius 2 is 0.560 bits per heavy atom. The van der Waals surface area contributed by atoms with E-state index in [1.54, 1.807) is 11.3 Å². The van der Waals surface area contributed by atoms with Crippen molar-refractivity contribution in [3.05, 3.63) is 469 Å². The van der Waals surface area contributed by atoms with E-state index < -0.39 is 10.8 Å². The fraction of sp³-hybridized carbons (Fsp3) is 0.0169. The quantitative estimate of drug-likeness (QED) is 0.117. The number of fused-ring (bicyclic) bond motifs is 31. The van der Waals surface area contributed by atoms with Crippen LogP contribution in [0.5, 0.6) is 23.0 Å². The van der Waals surface area contributed by atoms with E-state index in [-0.39, 0.29) is 0 Å². The van der Waals surface area contributed by atoms with Crippen LogP contribution in [-0.4, -0.2) is 19.9 Å². The molecule has 4 aromatic heterocycles. The Kier molecular flexibility index (Phi) is 15.7. The summed E-state index contributed by atoms with van der Waals surface area (Å²) in [6.07, 6.45) is 0. The minimum absolute atomic E-state index is 0.590. The lowest BCUT2D eigenvalue weighted by atomic mass is 9.66. The summed E-state index contributed by atoms with van der Waals surface area (Å²) in [6, 6.07) is 153. The van der Waals surface area contributed by atoms with Gasteiger partial charge in [-0.15, -0.1) is 11.3 Å². The van der Waals surface area contributed by atoms with Crippen LogP contribution in [0.4, 0.5) is 0 Å². The summed E-state index contributed by atoms with van der Waals surface area (Å²) in [6.45, 7) is 0. The largest absolute Gasteiger partial charge is 0.457 e. The van der Waals surface area contributed by atoms with Crippen molar-refractivity contribution in [3.63, 3.8) is 0 Å². The van der Waals surface area contributed by atoms with E-state index in [9.17, 15) is 0 Å². The minimum Gasteiger partial charge on any atom is -0.457 e. The Bertz CT molecular complexity index is 8330. The number of benzene rings is 19. The van der Waals surface area contributed by atoms with Gasteiger partial charge in [-0.3, -0.25) is 0 Å². The minimum atomic E-state index is -0.591. The lowest BCUT2D eigenvalue weighted by Crippen LogP contribution is -2.32. The standard InChI is InChI=1S/C64H39NO.C54H31N3OS/c1-3-17-40(18-4-1)41-31-33-42(34-32-41)59-45-21-7-9-23-47(45)60(48-24-10-8-22-46(48)59)44-35-38-56-51(39-44)61-50(63(65-56)43-19-5-2-6-20-43)36-37-55-62(61)49-25-11-12-26-52(49)64(55)53-27-13-15-29-57(53)66-58-30-16-14-28-54(58)64;1-3-15-32(16-4-1)49-37-28-29-42-48(35-19-7-9-21-39(35)54(42)40-22-10-12-24-44(40)58-45-25-13-11-23-41(45)54)47(37)38-31-34(27-30-43(38)55-49)50-52-51(36-20-8-14-26-46(36)59-52)57-53(56-50)33-17-5-2-6-18-33/h1-39H;1-31H. The van der Waals surface area contributed by atoms with Gasteiger partial charge in [-0.2, -0.15) is 0 Å². The summed E-state index contributed by atoms with van der Waals surface area (Å²) in [7, 11) is 0. The summed E-state index contributed by atoms with van der Waals surface area (Å²) in [5, 5.41) is 12.9. The van der Waals surface area contributed by atoms with Crippen LogP contribution in [-0.2, 0) is 10.8 Å². The number of hydrogen-bond donors (Lipinski definition) is 0. The van der Waals surface area contributed by atoms with E-state index in [2.05, 4.69) is 406 Å². The predicted molar refractivity (Wildman–Crippen MR) is 515 cm³/mol. The van der Waals surface area contributed by atoms with Crippen LogP contribution in [0.3, 0.4) is 0 Å². The summed E-state index contributed by atoms with van der Waals surface area (Å²) >= 11 is 1.76. The van der Waals surface area contributed by atoms with Crippen LogP contribution >= 0.6 is 11.3 Å². The molecule has 0 unspecified atom stereocenters. The van der Waals surface area contributed by atoms with Crippen LogP contribution in [0.25, 0.3) is 186 Å². The molecular weight excluding hydrogens is 1540 g/mol.